The van der Waals surface area contributed by atoms with Crippen molar-refractivity contribution < 1.29 is 4.74 Å². The Morgan fingerprint density at radius 2 is 2.14 bits per heavy atom. The number of nitrogens with one attached hydrogen (secondary N) is 2. The van der Waals surface area contributed by atoms with Crippen molar-refractivity contribution in [2.45, 2.75) is 26.8 Å². The highest BCUT2D eigenvalue weighted by atomic mass is 16.5. The minimum atomic E-state index is 0.195. The summed E-state index contributed by atoms with van der Waals surface area (Å²) < 4.78 is 5.27. The molecule has 2 rings (SSSR count). The number of rotatable bonds is 5. The predicted octanol–water partition coefficient (Wildman–Crippen LogP) is 2.94. The number of methoxy groups -OCH3 is 1. The van der Waals surface area contributed by atoms with Crippen molar-refractivity contribution in [1.29, 1.82) is 5.41 Å². The van der Waals surface area contributed by atoms with Gasteiger partial charge in [0.25, 0.3) is 0 Å². The first-order valence-electron chi connectivity index (χ1n) is 7.06. The van der Waals surface area contributed by atoms with Crippen molar-refractivity contribution in [2.75, 3.05) is 18.2 Å². The smallest absolute Gasteiger partial charge is 0.222 e. The molecule has 0 aliphatic heterocycles. The zero-order chi connectivity index (χ0) is 16.3. The summed E-state index contributed by atoms with van der Waals surface area (Å²) in [5, 5.41) is 11.2. The summed E-state index contributed by atoms with van der Waals surface area (Å²) >= 11 is 0. The molecule has 0 saturated heterocycles. The fourth-order valence-corrected chi connectivity index (χ4v) is 2.16. The van der Waals surface area contributed by atoms with Crippen LogP contribution in [0.1, 0.15) is 26.5 Å². The summed E-state index contributed by atoms with van der Waals surface area (Å²) in [5.74, 6) is 0.479. The van der Waals surface area contributed by atoms with E-state index in [-0.39, 0.29) is 6.04 Å². The van der Waals surface area contributed by atoms with Crippen LogP contribution in [0.15, 0.2) is 24.4 Å². The Hall–Kier alpha value is -2.63. The van der Waals surface area contributed by atoms with Crippen LogP contribution in [0.4, 0.5) is 11.4 Å². The van der Waals surface area contributed by atoms with Crippen molar-refractivity contribution in [3.63, 3.8) is 0 Å². The molecule has 22 heavy (non-hydrogen) atoms. The molecule has 2 aromatic rings. The maximum absolute atomic E-state index is 7.97. The Balaban J connectivity index is 2.62. The van der Waals surface area contributed by atoms with Gasteiger partial charge in [0.05, 0.1) is 35.5 Å². The molecular formula is C16H21N5O. The maximum Gasteiger partial charge on any atom is 0.222 e. The number of nitrogen functional groups attached to an aromatic ring is 1. The van der Waals surface area contributed by atoms with E-state index in [4.69, 9.17) is 15.9 Å². The van der Waals surface area contributed by atoms with Crippen LogP contribution in [0.5, 0.6) is 5.88 Å². The number of anilines is 2. The SMILES string of the molecule is COc1ncccc1-c1cc(N)c(NC(C)C)c(C(C)=N)n1. The van der Waals surface area contributed by atoms with E-state index in [9.17, 15) is 0 Å². The summed E-state index contributed by atoms with van der Waals surface area (Å²) in [6.07, 6.45) is 1.66. The number of hydrogen-bond donors (Lipinski definition) is 3. The molecule has 2 heterocycles. The molecule has 0 fully saturated rings. The van der Waals surface area contributed by atoms with Crippen LogP contribution in [0.3, 0.4) is 0 Å². The quantitative estimate of drug-likeness (QED) is 0.737. The number of nitrogens with two attached hydrogens (primary N) is 1. The second-order valence-electron chi connectivity index (χ2n) is 5.30. The van der Waals surface area contributed by atoms with Gasteiger partial charge in [-0.1, -0.05) is 0 Å². The summed E-state index contributed by atoms with van der Waals surface area (Å²) in [6.45, 7) is 5.72. The second-order valence-corrected chi connectivity index (χ2v) is 5.30. The lowest BCUT2D eigenvalue weighted by molar-refractivity contribution is 0.399. The highest BCUT2D eigenvalue weighted by Gasteiger charge is 2.16. The first-order valence-corrected chi connectivity index (χ1v) is 7.06. The van der Waals surface area contributed by atoms with Gasteiger partial charge in [0.1, 0.15) is 5.69 Å². The average Bonchev–Trinajstić information content (AvgIpc) is 2.48. The van der Waals surface area contributed by atoms with E-state index in [0.29, 0.717) is 34.4 Å². The number of aromatic nitrogens is 2. The first kappa shape index (κ1) is 15.8. The van der Waals surface area contributed by atoms with E-state index in [1.54, 1.807) is 26.3 Å². The third-order valence-electron chi connectivity index (χ3n) is 3.08. The van der Waals surface area contributed by atoms with Gasteiger partial charge in [-0.25, -0.2) is 9.97 Å². The zero-order valence-corrected chi connectivity index (χ0v) is 13.3. The zero-order valence-electron chi connectivity index (χ0n) is 13.3. The van der Waals surface area contributed by atoms with Crippen molar-refractivity contribution in [2.24, 2.45) is 0 Å². The molecule has 0 amide bonds. The van der Waals surface area contributed by atoms with E-state index in [1.807, 2.05) is 26.0 Å². The molecular weight excluding hydrogens is 278 g/mol. The molecule has 0 aliphatic rings. The molecule has 0 bridgehead atoms. The van der Waals surface area contributed by atoms with Crippen molar-refractivity contribution in [3.8, 4) is 17.1 Å². The largest absolute Gasteiger partial charge is 0.481 e. The summed E-state index contributed by atoms with van der Waals surface area (Å²) in [7, 11) is 1.56. The van der Waals surface area contributed by atoms with Crippen LogP contribution in [-0.4, -0.2) is 28.8 Å². The number of nitrogens with zero attached hydrogens (tertiary/aromatic N) is 2. The monoisotopic (exact) mass is 299 g/mol. The van der Waals surface area contributed by atoms with Gasteiger partial charge in [-0.15, -0.1) is 0 Å². The van der Waals surface area contributed by atoms with Gasteiger partial charge in [-0.05, 0) is 39.0 Å². The molecule has 0 aliphatic carbocycles. The average molecular weight is 299 g/mol. The number of ether oxygens (including phenoxy) is 1. The van der Waals surface area contributed by atoms with Crippen molar-refractivity contribution in [3.05, 3.63) is 30.1 Å². The molecule has 6 heteroatoms. The van der Waals surface area contributed by atoms with Gasteiger partial charge in [-0.3, -0.25) is 0 Å². The van der Waals surface area contributed by atoms with Crippen LogP contribution in [0.25, 0.3) is 11.3 Å². The molecule has 0 unspecified atom stereocenters. The van der Waals surface area contributed by atoms with Gasteiger partial charge in [0, 0.05) is 12.2 Å². The van der Waals surface area contributed by atoms with Gasteiger partial charge < -0.3 is 21.2 Å². The Morgan fingerprint density at radius 3 is 2.73 bits per heavy atom. The standard InChI is InChI=1S/C16H21N5O/c1-9(2)20-15-12(18)8-13(21-14(15)10(3)17)11-6-5-7-19-16(11)22-4/h5-9,17,20H,1-4H3,(H2,18,21). The highest BCUT2D eigenvalue weighted by Crippen LogP contribution is 2.32. The molecule has 2 aromatic heterocycles. The Bertz CT molecular complexity index is 697. The van der Waals surface area contributed by atoms with Gasteiger partial charge in [0.15, 0.2) is 0 Å². The van der Waals surface area contributed by atoms with Crippen LogP contribution in [0.2, 0.25) is 0 Å². The molecule has 0 aromatic carbocycles. The lowest BCUT2D eigenvalue weighted by Gasteiger charge is -2.18. The van der Waals surface area contributed by atoms with Crippen molar-refractivity contribution >= 4 is 17.1 Å². The second kappa shape index (κ2) is 6.43. The molecule has 116 valence electrons. The number of hydrogen-bond acceptors (Lipinski definition) is 6. The molecule has 0 radical (unpaired) electrons. The molecule has 0 spiro atoms. The summed E-state index contributed by atoms with van der Waals surface area (Å²) in [4.78, 5) is 8.75. The van der Waals surface area contributed by atoms with Crippen molar-refractivity contribution in [1.82, 2.24) is 9.97 Å². The van der Waals surface area contributed by atoms with E-state index in [2.05, 4.69) is 15.3 Å². The molecule has 0 atom stereocenters. The Labute approximate surface area is 130 Å². The summed E-state index contributed by atoms with van der Waals surface area (Å²) in [5.41, 5.74) is 9.68. The molecule has 4 N–H and O–H groups in total. The fraction of sp³-hybridized carbons (Fsp3) is 0.312. The molecule has 0 saturated carbocycles. The summed E-state index contributed by atoms with van der Waals surface area (Å²) in [6, 6.07) is 5.65. The van der Waals surface area contributed by atoms with E-state index in [0.717, 1.165) is 5.56 Å². The van der Waals surface area contributed by atoms with Gasteiger partial charge in [0.2, 0.25) is 5.88 Å². The van der Waals surface area contributed by atoms with Crippen LogP contribution in [0, 0.1) is 5.41 Å². The third kappa shape index (κ3) is 3.16. The Kier molecular flexibility index (Phi) is 4.60. The minimum Gasteiger partial charge on any atom is -0.481 e. The lowest BCUT2D eigenvalue weighted by Crippen LogP contribution is -2.16. The lowest BCUT2D eigenvalue weighted by atomic mass is 10.1. The highest BCUT2D eigenvalue weighted by molar-refractivity contribution is 6.02. The molecule has 6 nitrogen and oxygen atoms in total. The van der Waals surface area contributed by atoms with Crippen LogP contribution < -0.4 is 15.8 Å². The predicted molar refractivity (Wildman–Crippen MR) is 89.7 cm³/mol. The van der Waals surface area contributed by atoms with Crippen LogP contribution >= 0.6 is 0 Å². The number of pyridine rings is 2. The first-order chi connectivity index (χ1) is 10.4. The van der Waals surface area contributed by atoms with Gasteiger partial charge >= 0.3 is 0 Å². The minimum absolute atomic E-state index is 0.195. The van der Waals surface area contributed by atoms with Crippen LogP contribution in [-0.2, 0) is 0 Å². The normalized spacial score (nSPS) is 10.6. The Morgan fingerprint density at radius 1 is 1.41 bits per heavy atom. The van der Waals surface area contributed by atoms with E-state index in [1.165, 1.54) is 0 Å². The van der Waals surface area contributed by atoms with E-state index >= 15 is 0 Å². The van der Waals surface area contributed by atoms with E-state index < -0.39 is 0 Å². The topological polar surface area (TPSA) is 96.9 Å². The third-order valence-corrected chi connectivity index (χ3v) is 3.08. The van der Waals surface area contributed by atoms with Gasteiger partial charge in [-0.2, -0.15) is 0 Å². The maximum atomic E-state index is 7.97. The fourth-order valence-electron chi connectivity index (χ4n) is 2.16.